The van der Waals surface area contributed by atoms with Crippen molar-refractivity contribution in [2.24, 2.45) is 0 Å². The van der Waals surface area contributed by atoms with E-state index in [-0.39, 0.29) is 6.71 Å². The highest BCUT2D eigenvalue weighted by molar-refractivity contribution is 6.98. The summed E-state index contributed by atoms with van der Waals surface area (Å²) in [6, 6.07) is 59.4. The predicted molar refractivity (Wildman–Crippen MR) is 190 cm³/mol. The number of rotatable bonds is 5. The number of ether oxygens (including phenoxy) is 2. The number of para-hydroxylation sites is 2. The molecule has 0 amide bonds. The van der Waals surface area contributed by atoms with Gasteiger partial charge in [0.15, 0.2) is 0 Å². The zero-order valence-electron chi connectivity index (χ0n) is 25.0. The van der Waals surface area contributed by atoms with Gasteiger partial charge in [-0.05, 0) is 69.6 Å². The van der Waals surface area contributed by atoms with Crippen LogP contribution in [0.5, 0.6) is 23.0 Å². The Balaban J connectivity index is 1.25. The smallest absolute Gasteiger partial charge is 0.260 e. The molecule has 0 bridgehead atoms. The number of anilines is 3. The zero-order chi connectivity index (χ0) is 30.5. The Morgan fingerprint density at radius 2 is 0.761 bits per heavy atom. The molecule has 7 aromatic rings. The summed E-state index contributed by atoms with van der Waals surface area (Å²) in [4.78, 5) is 2.25. The summed E-state index contributed by atoms with van der Waals surface area (Å²) < 4.78 is 13.7. The molecule has 0 fully saturated rings. The third kappa shape index (κ3) is 4.46. The van der Waals surface area contributed by atoms with E-state index < -0.39 is 0 Å². The van der Waals surface area contributed by atoms with Crippen molar-refractivity contribution in [2.75, 3.05) is 4.90 Å². The summed E-state index contributed by atoms with van der Waals surface area (Å²) in [6.07, 6.45) is 0. The van der Waals surface area contributed by atoms with Gasteiger partial charge in [-0.1, -0.05) is 121 Å². The van der Waals surface area contributed by atoms with E-state index in [0.717, 1.165) is 78.7 Å². The molecular formula is C42H28BNO2. The molecule has 0 radical (unpaired) electrons. The molecule has 0 aliphatic carbocycles. The second-order valence-electron chi connectivity index (χ2n) is 11.7. The highest BCUT2D eigenvalue weighted by Crippen LogP contribution is 2.43. The van der Waals surface area contributed by atoms with Crippen molar-refractivity contribution in [2.45, 2.75) is 0 Å². The Kier molecular flexibility index (Phi) is 6.24. The summed E-state index contributed by atoms with van der Waals surface area (Å²) in [7, 11) is 0. The van der Waals surface area contributed by atoms with Crippen molar-refractivity contribution >= 4 is 40.2 Å². The second-order valence-corrected chi connectivity index (χ2v) is 11.7. The van der Waals surface area contributed by atoms with Crippen LogP contribution >= 0.6 is 0 Å². The van der Waals surface area contributed by atoms with Crippen molar-refractivity contribution in [3.05, 3.63) is 170 Å². The topological polar surface area (TPSA) is 21.7 Å². The number of benzene rings is 7. The van der Waals surface area contributed by atoms with E-state index in [1.165, 1.54) is 0 Å². The first-order valence-electron chi connectivity index (χ1n) is 15.6. The van der Waals surface area contributed by atoms with Crippen LogP contribution in [0.2, 0.25) is 0 Å². The number of hydrogen-bond donors (Lipinski definition) is 0. The van der Waals surface area contributed by atoms with Gasteiger partial charge in [-0.2, -0.15) is 0 Å². The van der Waals surface area contributed by atoms with Crippen LogP contribution in [0.3, 0.4) is 0 Å². The lowest BCUT2D eigenvalue weighted by molar-refractivity contribution is 0.465. The minimum absolute atomic E-state index is 0.0249. The second kappa shape index (κ2) is 10.9. The molecule has 4 heteroatoms. The fraction of sp³-hybridized carbons (Fsp3) is 0. The Labute approximate surface area is 269 Å². The maximum Gasteiger partial charge on any atom is 0.260 e. The van der Waals surface area contributed by atoms with E-state index in [0.29, 0.717) is 0 Å². The van der Waals surface area contributed by atoms with Crippen molar-refractivity contribution in [1.29, 1.82) is 0 Å². The Hall–Kier alpha value is -6.00. The molecule has 0 saturated carbocycles. The molecule has 2 heterocycles. The maximum atomic E-state index is 6.85. The average Bonchev–Trinajstić information content (AvgIpc) is 3.12. The van der Waals surface area contributed by atoms with Gasteiger partial charge in [0.2, 0.25) is 0 Å². The number of fused-ring (bicyclic) bond motifs is 4. The van der Waals surface area contributed by atoms with Gasteiger partial charge in [0.25, 0.3) is 6.71 Å². The highest BCUT2D eigenvalue weighted by atomic mass is 16.5. The first-order chi connectivity index (χ1) is 22.8. The maximum absolute atomic E-state index is 6.85. The molecule has 2 aliphatic heterocycles. The molecule has 0 unspecified atom stereocenters. The van der Waals surface area contributed by atoms with Gasteiger partial charge in [0.05, 0.1) is 5.69 Å². The summed E-state index contributed by atoms with van der Waals surface area (Å²) >= 11 is 0. The van der Waals surface area contributed by atoms with E-state index in [4.69, 9.17) is 9.47 Å². The van der Waals surface area contributed by atoms with E-state index in [1.54, 1.807) is 0 Å². The predicted octanol–water partition coefficient (Wildman–Crippen LogP) is 9.22. The monoisotopic (exact) mass is 589 g/mol. The summed E-state index contributed by atoms with van der Waals surface area (Å²) in [5.74, 6) is 3.36. The van der Waals surface area contributed by atoms with Crippen LogP contribution in [0.1, 0.15) is 0 Å². The fourth-order valence-corrected chi connectivity index (χ4v) is 6.83. The third-order valence-corrected chi connectivity index (χ3v) is 8.97. The molecule has 9 rings (SSSR count). The van der Waals surface area contributed by atoms with Gasteiger partial charge in [-0.15, -0.1) is 0 Å². The molecule has 0 aromatic heterocycles. The van der Waals surface area contributed by atoms with E-state index in [2.05, 4.69) is 150 Å². The molecule has 3 nitrogen and oxygen atoms in total. The molecule has 7 aromatic carbocycles. The van der Waals surface area contributed by atoms with E-state index in [9.17, 15) is 0 Å². The SMILES string of the molecule is c1ccc(-c2ccc3c(c2)Oc2cc(N(c4ccccc4)c4ccccc4)cc4c2B3c2ccc(-c3ccccc3)cc2O4)cc1. The average molecular weight is 590 g/mol. The molecule has 0 N–H and O–H groups in total. The molecule has 0 saturated heterocycles. The lowest BCUT2D eigenvalue weighted by Crippen LogP contribution is -2.57. The number of hydrogen-bond acceptors (Lipinski definition) is 3. The van der Waals surface area contributed by atoms with E-state index >= 15 is 0 Å². The van der Waals surface area contributed by atoms with Crippen LogP contribution in [-0.2, 0) is 0 Å². The van der Waals surface area contributed by atoms with Crippen LogP contribution in [0.4, 0.5) is 17.1 Å². The minimum Gasteiger partial charge on any atom is -0.458 e. The minimum atomic E-state index is -0.0249. The highest BCUT2D eigenvalue weighted by Gasteiger charge is 2.41. The Morgan fingerprint density at radius 3 is 1.20 bits per heavy atom. The lowest BCUT2D eigenvalue weighted by Gasteiger charge is -2.35. The fourth-order valence-electron chi connectivity index (χ4n) is 6.83. The lowest BCUT2D eigenvalue weighted by atomic mass is 9.34. The van der Waals surface area contributed by atoms with Gasteiger partial charge in [0.1, 0.15) is 23.0 Å². The summed E-state index contributed by atoms with van der Waals surface area (Å²) in [5.41, 5.74) is 11.0. The molecular weight excluding hydrogens is 561 g/mol. The van der Waals surface area contributed by atoms with Gasteiger partial charge in [-0.25, -0.2) is 0 Å². The zero-order valence-corrected chi connectivity index (χ0v) is 25.0. The van der Waals surface area contributed by atoms with Crippen LogP contribution < -0.4 is 30.8 Å². The van der Waals surface area contributed by atoms with Crippen LogP contribution in [-0.4, -0.2) is 6.71 Å². The Morgan fingerprint density at radius 1 is 0.348 bits per heavy atom. The van der Waals surface area contributed by atoms with Crippen LogP contribution in [0.25, 0.3) is 22.3 Å². The van der Waals surface area contributed by atoms with E-state index in [1.807, 2.05) is 24.3 Å². The molecule has 46 heavy (non-hydrogen) atoms. The molecule has 2 aliphatic rings. The molecule has 0 atom stereocenters. The summed E-state index contributed by atoms with van der Waals surface area (Å²) in [5, 5.41) is 0. The van der Waals surface area contributed by atoms with Crippen molar-refractivity contribution in [3.63, 3.8) is 0 Å². The molecule has 0 spiro atoms. The standard InChI is InChI=1S/C42H28BNO2/c1-5-13-29(14-6-1)31-21-23-36-38(25-31)45-40-27-35(44(33-17-9-3-10-18-33)34-19-11-4-12-20-34)28-41-42(40)43(36)37-24-22-32(26-39(37)46-41)30-15-7-2-8-16-30/h1-28H. The quantitative estimate of drug-likeness (QED) is 0.187. The normalized spacial score (nSPS) is 12.2. The Bertz CT molecular complexity index is 2050. The van der Waals surface area contributed by atoms with Crippen molar-refractivity contribution < 1.29 is 9.47 Å². The van der Waals surface area contributed by atoms with Crippen molar-refractivity contribution in [3.8, 4) is 45.3 Å². The third-order valence-electron chi connectivity index (χ3n) is 8.97. The van der Waals surface area contributed by atoms with Gasteiger partial charge in [-0.3, -0.25) is 0 Å². The summed E-state index contributed by atoms with van der Waals surface area (Å²) in [6.45, 7) is -0.0249. The van der Waals surface area contributed by atoms with Gasteiger partial charge in [0, 0.05) is 29.0 Å². The molecule has 216 valence electrons. The van der Waals surface area contributed by atoms with Crippen LogP contribution in [0.15, 0.2) is 170 Å². The first-order valence-corrected chi connectivity index (χ1v) is 15.6. The van der Waals surface area contributed by atoms with Crippen molar-refractivity contribution in [1.82, 2.24) is 0 Å². The van der Waals surface area contributed by atoms with Gasteiger partial charge >= 0.3 is 0 Å². The number of nitrogens with zero attached hydrogens (tertiary/aromatic N) is 1. The largest absolute Gasteiger partial charge is 0.458 e. The van der Waals surface area contributed by atoms with Crippen LogP contribution in [0, 0.1) is 0 Å². The first kappa shape index (κ1) is 26.4. The van der Waals surface area contributed by atoms with Gasteiger partial charge < -0.3 is 14.4 Å².